The van der Waals surface area contributed by atoms with E-state index in [9.17, 15) is 18.0 Å². The van der Waals surface area contributed by atoms with E-state index < -0.39 is 10.0 Å². The topological polar surface area (TPSA) is 95.6 Å². The first-order valence-corrected chi connectivity index (χ1v) is 11.2. The standard InChI is InChI=1S/C20H25N3O4S/c1-28(26,27)23-11-5-9-17(14-23)22-20(25)13-21-19(24)12-16-8-4-7-15-6-2-3-10-18(15)16/h2-4,6-8,10,17H,5,9,11-14H2,1H3,(H,21,24)(H,22,25). The molecule has 3 rings (SSSR count). The van der Waals surface area contributed by atoms with E-state index in [2.05, 4.69) is 10.6 Å². The molecule has 0 spiro atoms. The first-order valence-electron chi connectivity index (χ1n) is 9.31. The van der Waals surface area contributed by atoms with Crippen molar-refractivity contribution in [2.24, 2.45) is 0 Å². The fraction of sp³-hybridized carbons (Fsp3) is 0.400. The van der Waals surface area contributed by atoms with E-state index in [0.717, 1.165) is 22.8 Å². The van der Waals surface area contributed by atoms with Crippen molar-refractivity contribution in [1.82, 2.24) is 14.9 Å². The van der Waals surface area contributed by atoms with E-state index in [0.29, 0.717) is 13.0 Å². The first-order chi connectivity index (χ1) is 13.3. The Kier molecular flexibility index (Phi) is 6.31. The van der Waals surface area contributed by atoms with Gasteiger partial charge in [-0.3, -0.25) is 9.59 Å². The highest BCUT2D eigenvalue weighted by atomic mass is 32.2. The van der Waals surface area contributed by atoms with Crippen LogP contribution in [-0.4, -0.2) is 56.5 Å². The minimum absolute atomic E-state index is 0.126. The molecule has 2 aromatic carbocycles. The maximum absolute atomic E-state index is 12.3. The summed E-state index contributed by atoms with van der Waals surface area (Å²) in [5.74, 6) is -0.542. The van der Waals surface area contributed by atoms with Gasteiger partial charge in [0.25, 0.3) is 0 Å². The summed E-state index contributed by atoms with van der Waals surface area (Å²) < 4.78 is 24.7. The van der Waals surface area contributed by atoms with Crippen LogP contribution in [0.15, 0.2) is 42.5 Å². The van der Waals surface area contributed by atoms with Gasteiger partial charge in [0, 0.05) is 19.1 Å². The molecule has 0 radical (unpaired) electrons. The van der Waals surface area contributed by atoms with Gasteiger partial charge in [0.1, 0.15) is 0 Å². The molecule has 0 aromatic heterocycles. The molecule has 28 heavy (non-hydrogen) atoms. The third-order valence-corrected chi connectivity index (χ3v) is 6.16. The zero-order valence-electron chi connectivity index (χ0n) is 15.8. The Hall–Kier alpha value is -2.45. The molecule has 0 saturated carbocycles. The zero-order valence-corrected chi connectivity index (χ0v) is 16.7. The van der Waals surface area contributed by atoms with E-state index in [1.165, 1.54) is 10.6 Å². The molecule has 1 aliphatic heterocycles. The van der Waals surface area contributed by atoms with Gasteiger partial charge in [-0.15, -0.1) is 0 Å². The van der Waals surface area contributed by atoms with Crippen LogP contribution in [0.1, 0.15) is 18.4 Å². The van der Waals surface area contributed by atoms with E-state index in [1.54, 1.807) is 0 Å². The van der Waals surface area contributed by atoms with Crippen LogP contribution in [-0.2, 0) is 26.0 Å². The van der Waals surface area contributed by atoms with Gasteiger partial charge in [0.15, 0.2) is 0 Å². The maximum Gasteiger partial charge on any atom is 0.239 e. The Labute approximate surface area is 165 Å². The Morgan fingerprint density at radius 2 is 1.86 bits per heavy atom. The van der Waals surface area contributed by atoms with Gasteiger partial charge in [-0.05, 0) is 29.2 Å². The molecular weight excluding hydrogens is 378 g/mol. The summed E-state index contributed by atoms with van der Waals surface area (Å²) in [6.45, 7) is 0.625. The molecule has 0 aliphatic carbocycles. The number of hydrogen-bond donors (Lipinski definition) is 2. The summed E-state index contributed by atoms with van der Waals surface area (Å²) >= 11 is 0. The molecular formula is C20H25N3O4S. The molecule has 0 bridgehead atoms. The van der Waals surface area contributed by atoms with Crippen molar-refractivity contribution >= 4 is 32.6 Å². The molecule has 1 saturated heterocycles. The molecule has 7 nitrogen and oxygen atoms in total. The molecule has 1 fully saturated rings. The SMILES string of the molecule is CS(=O)(=O)N1CCCC(NC(=O)CNC(=O)Cc2cccc3ccccc23)C1. The van der Waals surface area contributed by atoms with E-state index in [4.69, 9.17) is 0 Å². The number of benzene rings is 2. The number of sulfonamides is 1. The molecule has 150 valence electrons. The summed E-state index contributed by atoms with van der Waals surface area (Å²) in [5, 5.41) is 7.54. The van der Waals surface area contributed by atoms with Crippen LogP contribution < -0.4 is 10.6 Å². The van der Waals surface area contributed by atoms with Crippen LogP contribution in [0.4, 0.5) is 0 Å². The highest BCUT2D eigenvalue weighted by Gasteiger charge is 2.26. The van der Waals surface area contributed by atoms with Crippen molar-refractivity contribution in [1.29, 1.82) is 0 Å². The van der Waals surface area contributed by atoms with Crippen LogP contribution in [0.2, 0.25) is 0 Å². The zero-order chi connectivity index (χ0) is 20.1. The van der Waals surface area contributed by atoms with Gasteiger partial charge >= 0.3 is 0 Å². The fourth-order valence-corrected chi connectivity index (χ4v) is 4.41. The minimum Gasteiger partial charge on any atom is -0.351 e. The Morgan fingerprint density at radius 1 is 1.11 bits per heavy atom. The number of amides is 2. The van der Waals surface area contributed by atoms with Crippen molar-refractivity contribution in [2.45, 2.75) is 25.3 Å². The van der Waals surface area contributed by atoms with Crippen molar-refractivity contribution in [3.63, 3.8) is 0 Å². The first kappa shape index (κ1) is 20.3. The second-order valence-electron chi connectivity index (χ2n) is 7.12. The highest BCUT2D eigenvalue weighted by molar-refractivity contribution is 7.88. The lowest BCUT2D eigenvalue weighted by Crippen LogP contribution is -2.51. The molecule has 1 heterocycles. The molecule has 8 heteroatoms. The lowest BCUT2D eigenvalue weighted by Gasteiger charge is -2.31. The minimum atomic E-state index is -3.26. The van der Waals surface area contributed by atoms with Gasteiger partial charge in [0.05, 0.1) is 19.2 Å². The van der Waals surface area contributed by atoms with Crippen LogP contribution >= 0.6 is 0 Å². The quantitative estimate of drug-likeness (QED) is 0.753. The van der Waals surface area contributed by atoms with E-state index in [-0.39, 0.29) is 37.4 Å². The average Bonchev–Trinajstić information content (AvgIpc) is 2.66. The molecule has 2 N–H and O–H groups in total. The van der Waals surface area contributed by atoms with E-state index in [1.807, 2.05) is 42.5 Å². The predicted molar refractivity (Wildman–Crippen MR) is 108 cm³/mol. The smallest absolute Gasteiger partial charge is 0.239 e. The van der Waals surface area contributed by atoms with Crippen LogP contribution in [0.25, 0.3) is 10.8 Å². The molecule has 1 aliphatic rings. The largest absolute Gasteiger partial charge is 0.351 e. The third-order valence-electron chi connectivity index (χ3n) is 4.90. The predicted octanol–water partition coefficient (Wildman–Crippen LogP) is 1.04. The van der Waals surface area contributed by atoms with Crippen molar-refractivity contribution in [3.8, 4) is 0 Å². The van der Waals surface area contributed by atoms with Gasteiger partial charge in [-0.2, -0.15) is 0 Å². The number of hydrogen-bond acceptors (Lipinski definition) is 4. The number of carbonyl (C=O) groups excluding carboxylic acids is 2. The van der Waals surface area contributed by atoms with Gasteiger partial charge in [0.2, 0.25) is 21.8 Å². The monoisotopic (exact) mass is 403 g/mol. The lowest BCUT2D eigenvalue weighted by atomic mass is 10.0. The molecule has 2 amide bonds. The fourth-order valence-electron chi connectivity index (χ4n) is 3.50. The number of nitrogens with zero attached hydrogens (tertiary/aromatic N) is 1. The summed E-state index contributed by atoms with van der Waals surface area (Å²) in [6.07, 6.45) is 2.79. The van der Waals surface area contributed by atoms with Crippen LogP contribution in [0.3, 0.4) is 0 Å². The van der Waals surface area contributed by atoms with Gasteiger partial charge in [-0.25, -0.2) is 12.7 Å². The Bertz CT molecular complexity index is 969. The van der Waals surface area contributed by atoms with Crippen molar-refractivity contribution in [2.75, 3.05) is 25.9 Å². The third kappa shape index (κ3) is 5.30. The normalized spacial score (nSPS) is 18.0. The number of rotatable bonds is 6. The summed E-state index contributed by atoms with van der Waals surface area (Å²) in [7, 11) is -3.26. The Morgan fingerprint density at radius 3 is 2.64 bits per heavy atom. The Balaban J connectivity index is 1.50. The maximum atomic E-state index is 12.3. The van der Waals surface area contributed by atoms with Gasteiger partial charge < -0.3 is 10.6 Å². The number of piperidine rings is 1. The lowest BCUT2D eigenvalue weighted by molar-refractivity contribution is -0.126. The molecule has 1 unspecified atom stereocenters. The number of carbonyl (C=O) groups is 2. The van der Waals surface area contributed by atoms with E-state index >= 15 is 0 Å². The highest BCUT2D eigenvalue weighted by Crippen LogP contribution is 2.18. The number of nitrogens with one attached hydrogen (secondary N) is 2. The number of fused-ring (bicyclic) bond motifs is 1. The second-order valence-corrected chi connectivity index (χ2v) is 9.10. The van der Waals surface area contributed by atoms with Crippen molar-refractivity contribution in [3.05, 3.63) is 48.0 Å². The van der Waals surface area contributed by atoms with Gasteiger partial charge in [-0.1, -0.05) is 42.5 Å². The van der Waals surface area contributed by atoms with Crippen molar-refractivity contribution < 1.29 is 18.0 Å². The molecule has 1 atom stereocenters. The molecule has 2 aromatic rings. The van der Waals surface area contributed by atoms with Crippen LogP contribution in [0, 0.1) is 0 Å². The summed E-state index contributed by atoms with van der Waals surface area (Å²) in [6, 6.07) is 13.4. The second kappa shape index (κ2) is 8.70. The average molecular weight is 404 g/mol. The summed E-state index contributed by atoms with van der Waals surface area (Å²) in [4.78, 5) is 24.4. The summed E-state index contributed by atoms with van der Waals surface area (Å²) in [5.41, 5.74) is 0.909. The van der Waals surface area contributed by atoms with Crippen LogP contribution in [0.5, 0.6) is 0 Å².